The van der Waals surface area contributed by atoms with Crippen LogP contribution in [0.25, 0.3) is 0 Å². The largest absolute Gasteiger partial charge is 0.494 e. The van der Waals surface area contributed by atoms with Crippen molar-refractivity contribution < 1.29 is 13.9 Å². The Balaban J connectivity index is 1.91. The van der Waals surface area contributed by atoms with Crippen LogP contribution in [0.1, 0.15) is 6.42 Å². The van der Waals surface area contributed by atoms with Crippen LogP contribution >= 0.6 is 0 Å². The second-order valence-corrected chi connectivity index (χ2v) is 3.96. The molecule has 1 atom stereocenters. The van der Waals surface area contributed by atoms with Gasteiger partial charge >= 0.3 is 0 Å². The van der Waals surface area contributed by atoms with Crippen molar-refractivity contribution in [2.45, 2.75) is 6.42 Å². The smallest absolute Gasteiger partial charge is 0.167 e. The summed E-state index contributed by atoms with van der Waals surface area (Å²) in [5.74, 6) is 0.468. The third-order valence-corrected chi connectivity index (χ3v) is 2.77. The van der Waals surface area contributed by atoms with Crippen molar-refractivity contribution in [1.29, 1.82) is 0 Å². The van der Waals surface area contributed by atoms with Crippen molar-refractivity contribution in [2.24, 2.45) is 5.92 Å². The average Bonchev–Trinajstić information content (AvgIpc) is 2.79. The molecule has 3 nitrogen and oxygen atoms in total. The number of nitrogens with one attached hydrogen (secondary N) is 1. The molecule has 0 bridgehead atoms. The Bertz CT molecular complexity index is 351. The van der Waals surface area contributed by atoms with Gasteiger partial charge in [0, 0.05) is 30.8 Å². The van der Waals surface area contributed by atoms with Crippen LogP contribution in [0.5, 0.6) is 5.75 Å². The molecule has 0 aliphatic carbocycles. The molecule has 1 aliphatic rings. The van der Waals surface area contributed by atoms with E-state index in [0.717, 1.165) is 31.9 Å². The first-order valence-corrected chi connectivity index (χ1v) is 5.45. The molecule has 1 unspecified atom stereocenters. The van der Waals surface area contributed by atoms with Gasteiger partial charge in [-0.3, -0.25) is 0 Å². The van der Waals surface area contributed by atoms with Gasteiger partial charge in [0.1, 0.15) is 0 Å². The standard InChI is InChI=1S/C12H16FNO2/c1-15-12-3-2-10(6-11(12)13)14-7-9-4-5-16-8-9/h2-3,6,9,14H,4-5,7-8H2,1H3. The SMILES string of the molecule is COc1ccc(NCC2CCOC2)cc1F. The Labute approximate surface area is 94.6 Å². The van der Waals surface area contributed by atoms with Gasteiger partial charge in [0.05, 0.1) is 13.7 Å². The Morgan fingerprint density at radius 3 is 3.06 bits per heavy atom. The predicted molar refractivity (Wildman–Crippen MR) is 60.4 cm³/mol. The second kappa shape index (κ2) is 5.16. The summed E-state index contributed by atoms with van der Waals surface area (Å²) in [5, 5.41) is 3.20. The van der Waals surface area contributed by atoms with Crippen LogP contribution in [0.4, 0.5) is 10.1 Å². The monoisotopic (exact) mass is 225 g/mol. The number of anilines is 1. The number of rotatable bonds is 4. The Morgan fingerprint density at radius 2 is 2.44 bits per heavy atom. The van der Waals surface area contributed by atoms with Crippen LogP contribution < -0.4 is 10.1 Å². The van der Waals surface area contributed by atoms with Crippen molar-refractivity contribution in [3.05, 3.63) is 24.0 Å². The van der Waals surface area contributed by atoms with E-state index in [4.69, 9.17) is 9.47 Å². The fourth-order valence-electron chi connectivity index (χ4n) is 1.78. The quantitative estimate of drug-likeness (QED) is 0.852. The first kappa shape index (κ1) is 11.2. The molecule has 1 saturated heterocycles. The van der Waals surface area contributed by atoms with Gasteiger partial charge in [-0.15, -0.1) is 0 Å². The molecule has 0 spiro atoms. The van der Waals surface area contributed by atoms with E-state index in [9.17, 15) is 4.39 Å². The summed E-state index contributed by atoms with van der Waals surface area (Å²) >= 11 is 0. The summed E-state index contributed by atoms with van der Waals surface area (Å²) < 4.78 is 23.5. The third-order valence-electron chi connectivity index (χ3n) is 2.77. The molecule has 0 saturated carbocycles. The molecule has 0 radical (unpaired) electrons. The van der Waals surface area contributed by atoms with E-state index < -0.39 is 0 Å². The lowest BCUT2D eigenvalue weighted by Crippen LogP contribution is -2.14. The Kier molecular flexibility index (Phi) is 3.62. The highest BCUT2D eigenvalue weighted by Crippen LogP contribution is 2.21. The molecule has 1 aliphatic heterocycles. The lowest BCUT2D eigenvalue weighted by Gasteiger charge is -2.11. The lowest BCUT2D eigenvalue weighted by molar-refractivity contribution is 0.187. The van der Waals surface area contributed by atoms with Gasteiger partial charge in [-0.25, -0.2) is 4.39 Å². The fourth-order valence-corrected chi connectivity index (χ4v) is 1.78. The molecular weight excluding hydrogens is 209 g/mol. The van der Waals surface area contributed by atoms with E-state index in [1.807, 2.05) is 6.07 Å². The summed E-state index contributed by atoms with van der Waals surface area (Å²) in [7, 11) is 1.46. The fraction of sp³-hybridized carbons (Fsp3) is 0.500. The number of ether oxygens (including phenoxy) is 2. The summed E-state index contributed by atoms with van der Waals surface area (Å²) in [5.41, 5.74) is 0.783. The van der Waals surface area contributed by atoms with Crippen LogP contribution in [0, 0.1) is 11.7 Å². The van der Waals surface area contributed by atoms with Gasteiger partial charge in [0.25, 0.3) is 0 Å². The Hall–Kier alpha value is -1.29. The maximum absolute atomic E-state index is 13.4. The molecule has 2 rings (SSSR count). The van der Waals surface area contributed by atoms with Crippen molar-refractivity contribution in [1.82, 2.24) is 0 Å². The van der Waals surface area contributed by atoms with Gasteiger partial charge in [-0.1, -0.05) is 0 Å². The van der Waals surface area contributed by atoms with Crippen LogP contribution in [0.2, 0.25) is 0 Å². The van der Waals surface area contributed by atoms with Crippen molar-refractivity contribution in [2.75, 3.05) is 32.2 Å². The number of halogens is 1. The third kappa shape index (κ3) is 2.64. The Morgan fingerprint density at radius 1 is 1.56 bits per heavy atom. The van der Waals surface area contributed by atoms with Crippen LogP contribution in [0.15, 0.2) is 18.2 Å². The van der Waals surface area contributed by atoms with E-state index in [1.165, 1.54) is 13.2 Å². The van der Waals surface area contributed by atoms with Gasteiger partial charge in [-0.05, 0) is 18.6 Å². The maximum Gasteiger partial charge on any atom is 0.167 e. The average molecular weight is 225 g/mol. The van der Waals surface area contributed by atoms with Crippen LogP contribution in [0.3, 0.4) is 0 Å². The minimum absolute atomic E-state index is 0.273. The molecular formula is C12H16FNO2. The van der Waals surface area contributed by atoms with E-state index >= 15 is 0 Å². The number of hydrogen-bond acceptors (Lipinski definition) is 3. The summed E-state index contributed by atoms with van der Waals surface area (Å²) in [6.07, 6.45) is 1.08. The number of benzene rings is 1. The van der Waals surface area contributed by atoms with Crippen LogP contribution in [-0.4, -0.2) is 26.9 Å². The molecule has 88 valence electrons. The molecule has 1 aromatic carbocycles. The highest BCUT2D eigenvalue weighted by molar-refractivity contribution is 5.47. The zero-order valence-corrected chi connectivity index (χ0v) is 9.33. The normalized spacial score (nSPS) is 19.8. The van der Waals surface area contributed by atoms with E-state index in [0.29, 0.717) is 5.92 Å². The number of methoxy groups -OCH3 is 1. The first-order valence-electron chi connectivity index (χ1n) is 5.45. The highest BCUT2D eigenvalue weighted by Gasteiger charge is 2.15. The van der Waals surface area contributed by atoms with E-state index in [2.05, 4.69) is 5.32 Å². The van der Waals surface area contributed by atoms with E-state index in [-0.39, 0.29) is 11.6 Å². The van der Waals surface area contributed by atoms with Gasteiger partial charge in [0.2, 0.25) is 0 Å². The van der Waals surface area contributed by atoms with Gasteiger partial charge in [-0.2, -0.15) is 0 Å². The predicted octanol–water partition coefficient (Wildman–Crippen LogP) is 2.28. The molecule has 16 heavy (non-hydrogen) atoms. The summed E-state index contributed by atoms with van der Waals surface area (Å²) in [6, 6.07) is 4.90. The maximum atomic E-state index is 13.4. The van der Waals surface area contributed by atoms with Gasteiger partial charge < -0.3 is 14.8 Å². The van der Waals surface area contributed by atoms with Gasteiger partial charge in [0.15, 0.2) is 11.6 Å². The van der Waals surface area contributed by atoms with E-state index in [1.54, 1.807) is 6.07 Å². The highest BCUT2D eigenvalue weighted by atomic mass is 19.1. The summed E-state index contributed by atoms with van der Waals surface area (Å²) in [6.45, 7) is 2.46. The minimum atomic E-state index is -0.338. The molecule has 0 aromatic heterocycles. The molecule has 0 amide bonds. The zero-order chi connectivity index (χ0) is 11.4. The van der Waals surface area contributed by atoms with Crippen LogP contribution in [-0.2, 0) is 4.74 Å². The minimum Gasteiger partial charge on any atom is -0.494 e. The first-order chi connectivity index (χ1) is 7.79. The molecule has 4 heteroatoms. The van der Waals surface area contributed by atoms with Crippen molar-refractivity contribution >= 4 is 5.69 Å². The molecule has 1 heterocycles. The zero-order valence-electron chi connectivity index (χ0n) is 9.33. The molecule has 1 fully saturated rings. The molecule has 1 aromatic rings. The number of hydrogen-bond donors (Lipinski definition) is 1. The van der Waals surface area contributed by atoms with Crippen molar-refractivity contribution in [3.63, 3.8) is 0 Å². The topological polar surface area (TPSA) is 30.5 Å². The summed E-state index contributed by atoms with van der Waals surface area (Å²) in [4.78, 5) is 0. The lowest BCUT2D eigenvalue weighted by atomic mass is 10.1. The molecule has 1 N–H and O–H groups in total. The van der Waals surface area contributed by atoms with Crippen molar-refractivity contribution in [3.8, 4) is 5.75 Å². The second-order valence-electron chi connectivity index (χ2n) is 3.96.